The zero-order chi connectivity index (χ0) is 12.5. The predicted octanol–water partition coefficient (Wildman–Crippen LogP) is 0.552. The van der Waals surface area contributed by atoms with Crippen LogP contribution in [-0.4, -0.2) is 27.6 Å². The number of aromatic nitrogens is 2. The number of nitrogens with one attached hydrogen (secondary N) is 1. The Morgan fingerprint density at radius 3 is 3.17 bits per heavy atom. The molecule has 0 aliphatic carbocycles. The molecular weight excluding hydrogens is 230 g/mol. The number of hydrogen-bond acceptors (Lipinski definition) is 4. The van der Waals surface area contributed by atoms with Gasteiger partial charge in [0.25, 0.3) is 5.56 Å². The molecule has 5 heteroatoms. The molecule has 0 amide bonds. The summed E-state index contributed by atoms with van der Waals surface area (Å²) in [7, 11) is 0. The highest BCUT2D eigenvalue weighted by Gasteiger charge is 2.16. The van der Waals surface area contributed by atoms with Gasteiger partial charge in [-0.3, -0.25) is 9.20 Å². The van der Waals surface area contributed by atoms with Crippen molar-refractivity contribution in [2.75, 3.05) is 13.1 Å². The van der Waals surface area contributed by atoms with E-state index in [1.807, 2.05) is 0 Å². The van der Waals surface area contributed by atoms with Crippen molar-refractivity contribution in [3.05, 3.63) is 40.4 Å². The Morgan fingerprint density at radius 2 is 2.39 bits per heavy atom. The van der Waals surface area contributed by atoms with Gasteiger partial charge in [-0.2, -0.15) is 0 Å². The van der Waals surface area contributed by atoms with Crippen LogP contribution in [-0.2, 0) is 6.42 Å². The maximum atomic E-state index is 11.9. The number of aromatic hydroxyl groups is 1. The highest BCUT2D eigenvalue weighted by atomic mass is 16.3. The molecule has 2 aromatic heterocycles. The molecule has 1 saturated heterocycles. The Kier molecular flexibility index (Phi) is 2.76. The summed E-state index contributed by atoms with van der Waals surface area (Å²) in [5, 5.41) is 12.7. The molecule has 2 aromatic rings. The largest absolute Gasteiger partial charge is 0.506 e. The Balaban J connectivity index is 1.99. The van der Waals surface area contributed by atoms with Gasteiger partial charge < -0.3 is 10.4 Å². The minimum Gasteiger partial charge on any atom is -0.506 e. The first-order valence-electron chi connectivity index (χ1n) is 6.14. The molecule has 1 aliphatic rings. The lowest BCUT2D eigenvalue weighted by molar-refractivity contribution is 0.471. The van der Waals surface area contributed by atoms with Crippen LogP contribution < -0.4 is 10.9 Å². The number of fused-ring (bicyclic) bond motifs is 1. The molecule has 94 valence electrons. The van der Waals surface area contributed by atoms with Crippen LogP contribution in [0.25, 0.3) is 5.65 Å². The smallest absolute Gasteiger partial charge is 0.258 e. The zero-order valence-electron chi connectivity index (χ0n) is 9.97. The predicted molar refractivity (Wildman–Crippen MR) is 67.8 cm³/mol. The minimum absolute atomic E-state index is 0.0687. The fourth-order valence-corrected chi connectivity index (χ4v) is 2.43. The summed E-state index contributed by atoms with van der Waals surface area (Å²) in [5.41, 5.74) is 1.28. The Bertz CT molecular complexity index is 630. The van der Waals surface area contributed by atoms with Crippen LogP contribution in [0.1, 0.15) is 12.1 Å². The van der Waals surface area contributed by atoms with Crippen LogP contribution >= 0.6 is 0 Å². The highest BCUT2D eigenvalue weighted by molar-refractivity contribution is 5.41. The molecule has 0 aromatic carbocycles. The van der Waals surface area contributed by atoms with E-state index >= 15 is 0 Å². The summed E-state index contributed by atoms with van der Waals surface area (Å²) in [6.45, 7) is 2.04. The van der Waals surface area contributed by atoms with Crippen molar-refractivity contribution in [3.8, 4) is 5.75 Å². The van der Waals surface area contributed by atoms with Crippen molar-refractivity contribution in [1.82, 2.24) is 14.7 Å². The van der Waals surface area contributed by atoms with Crippen molar-refractivity contribution in [1.29, 1.82) is 0 Å². The molecule has 1 aliphatic heterocycles. The van der Waals surface area contributed by atoms with E-state index in [1.54, 1.807) is 18.2 Å². The maximum Gasteiger partial charge on any atom is 0.258 e. The first-order chi connectivity index (χ1) is 8.72. The fraction of sp³-hybridized carbons (Fsp3) is 0.385. The molecular formula is C13H15N3O2. The van der Waals surface area contributed by atoms with Crippen molar-refractivity contribution < 1.29 is 5.11 Å². The van der Waals surface area contributed by atoms with Gasteiger partial charge in [0.2, 0.25) is 0 Å². The molecule has 1 atom stereocenters. The van der Waals surface area contributed by atoms with E-state index in [2.05, 4.69) is 10.3 Å². The van der Waals surface area contributed by atoms with E-state index in [9.17, 15) is 9.90 Å². The molecule has 2 N–H and O–H groups in total. The first kappa shape index (κ1) is 11.2. The van der Waals surface area contributed by atoms with Gasteiger partial charge in [0.15, 0.2) is 0 Å². The lowest BCUT2D eigenvalue weighted by atomic mass is 10.0. The average molecular weight is 245 g/mol. The van der Waals surface area contributed by atoms with Crippen LogP contribution in [0.2, 0.25) is 0 Å². The second-order valence-corrected chi connectivity index (χ2v) is 4.76. The summed E-state index contributed by atoms with van der Waals surface area (Å²) < 4.78 is 1.37. The molecule has 0 bridgehead atoms. The Hall–Kier alpha value is -1.88. The second-order valence-electron chi connectivity index (χ2n) is 4.76. The molecule has 5 nitrogen and oxygen atoms in total. The Morgan fingerprint density at radius 1 is 1.50 bits per heavy atom. The third kappa shape index (κ3) is 2.09. The van der Waals surface area contributed by atoms with Crippen molar-refractivity contribution >= 4 is 5.65 Å². The van der Waals surface area contributed by atoms with E-state index in [-0.39, 0.29) is 11.3 Å². The van der Waals surface area contributed by atoms with Crippen LogP contribution in [0.4, 0.5) is 0 Å². The van der Waals surface area contributed by atoms with E-state index < -0.39 is 0 Å². The van der Waals surface area contributed by atoms with Crippen molar-refractivity contribution in [3.63, 3.8) is 0 Å². The van der Waals surface area contributed by atoms with E-state index in [0.29, 0.717) is 11.6 Å². The fourth-order valence-electron chi connectivity index (χ4n) is 2.43. The van der Waals surface area contributed by atoms with Gasteiger partial charge in [-0.15, -0.1) is 0 Å². The van der Waals surface area contributed by atoms with Crippen molar-refractivity contribution in [2.24, 2.45) is 5.92 Å². The molecule has 18 heavy (non-hydrogen) atoms. The van der Waals surface area contributed by atoms with E-state index in [0.717, 1.165) is 31.6 Å². The third-order valence-electron chi connectivity index (χ3n) is 3.36. The first-order valence-corrected chi connectivity index (χ1v) is 6.14. The summed E-state index contributed by atoms with van der Waals surface area (Å²) in [5.74, 6) is 0.635. The number of rotatable bonds is 2. The maximum absolute atomic E-state index is 11.9. The molecule has 1 unspecified atom stereocenters. The highest BCUT2D eigenvalue weighted by Crippen LogP contribution is 2.14. The van der Waals surface area contributed by atoms with Gasteiger partial charge in [0.05, 0.1) is 6.20 Å². The quantitative estimate of drug-likeness (QED) is 0.811. The lowest BCUT2D eigenvalue weighted by Crippen LogP contribution is -2.17. The number of nitrogens with zero attached hydrogens (tertiary/aromatic N) is 2. The molecule has 0 saturated carbocycles. The van der Waals surface area contributed by atoms with Crippen molar-refractivity contribution in [2.45, 2.75) is 12.8 Å². The van der Waals surface area contributed by atoms with Gasteiger partial charge in [-0.25, -0.2) is 4.98 Å². The summed E-state index contributed by atoms with van der Waals surface area (Å²) >= 11 is 0. The zero-order valence-corrected chi connectivity index (χ0v) is 9.97. The summed E-state index contributed by atoms with van der Waals surface area (Å²) in [6.07, 6.45) is 3.36. The third-order valence-corrected chi connectivity index (χ3v) is 3.36. The molecule has 3 rings (SSSR count). The molecule has 0 radical (unpaired) electrons. The lowest BCUT2D eigenvalue weighted by Gasteiger charge is -2.08. The summed E-state index contributed by atoms with van der Waals surface area (Å²) in [4.78, 5) is 16.4. The van der Waals surface area contributed by atoms with Gasteiger partial charge >= 0.3 is 0 Å². The standard InChI is InChI=1S/C13H15N3O2/c17-11-1-2-12-15-10(5-9-3-4-14-7-9)6-13(18)16(12)8-11/h1-2,6,8-9,14,17H,3-5,7H2. The second kappa shape index (κ2) is 4.42. The molecule has 3 heterocycles. The molecule has 0 spiro atoms. The minimum atomic E-state index is -0.142. The van der Waals surface area contributed by atoms with Gasteiger partial charge in [-0.1, -0.05) is 0 Å². The SMILES string of the molecule is O=c1cc(CC2CCNC2)nc2ccc(O)cn12. The van der Waals surface area contributed by atoms with E-state index in [1.165, 1.54) is 10.6 Å². The van der Waals surface area contributed by atoms with Gasteiger partial charge in [-0.05, 0) is 44.0 Å². The normalized spacial score (nSPS) is 19.4. The molecule has 1 fully saturated rings. The van der Waals surface area contributed by atoms with Crippen LogP contribution in [0.5, 0.6) is 5.75 Å². The van der Waals surface area contributed by atoms with Crippen LogP contribution in [0, 0.1) is 5.92 Å². The van der Waals surface area contributed by atoms with Crippen LogP contribution in [0.15, 0.2) is 29.2 Å². The monoisotopic (exact) mass is 245 g/mol. The van der Waals surface area contributed by atoms with Crippen LogP contribution in [0.3, 0.4) is 0 Å². The summed E-state index contributed by atoms with van der Waals surface area (Å²) in [6, 6.07) is 4.76. The van der Waals surface area contributed by atoms with E-state index in [4.69, 9.17) is 0 Å². The number of hydrogen-bond donors (Lipinski definition) is 2. The average Bonchev–Trinajstić information content (AvgIpc) is 2.83. The Labute approximate surface area is 104 Å². The topological polar surface area (TPSA) is 66.6 Å². The number of pyridine rings is 1. The van der Waals surface area contributed by atoms with Gasteiger partial charge in [0.1, 0.15) is 11.4 Å². The van der Waals surface area contributed by atoms with Gasteiger partial charge in [0, 0.05) is 11.8 Å².